The lowest BCUT2D eigenvalue weighted by molar-refractivity contribution is -0.125. The number of aryl methyl sites for hydroxylation is 1. The molecule has 124 valence electrons. The van der Waals surface area contributed by atoms with Gasteiger partial charge < -0.3 is 14.5 Å². The first-order chi connectivity index (χ1) is 11.6. The smallest absolute Gasteiger partial charge is 0.246 e. The minimum atomic E-state index is -0.793. The lowest BCUT2D eigenvalue weighted by Crippen LogP contribution is -2.52. The van der Waals surface area contributed by atoms with Crippen LogP contribution in [0.2, 0.25) is 0 Å². The number of nitrogens with zero attached hydrogens (tertiary/aromatic N) is 2. The first-order valence-electron chi connectivity index (χ1n) is 8.35. The number of methoxy groups -OCH3 is 1. The van der Waals surface area contributed by atoms with Crippen LogP contribution in [0.25, 0.3) is 0 Å². The van der Waals surface area contributed by atoms with Gasteiger partial charge in [0.25, 0.3) is 0 Å². The number of ether oxygens (including phenoxy) is 1. The first-order valence-corrected chi connectivity index (χ1v) is 8.35. The van der Waals surface area contributed by atoms with Crippen molar-refractivity contribution in [3.8, 4) is 0 Å². The van der Waals surface area contributed by atoms with Gasteiger partial charge in [-0.1, -0.05) is 30.3 Å². The first kappa shape index (κ1) is 15.2. The van der Waals surface area contributed by atoms with E-state index in [1.54, 1.807) is 7.11 Å². The van der Waals surface area contributed by atoms with Crippen molar-refractivity contribution in [1.29, 1.82) is 0 Å². The van der Waals surface area contributed by atoms with E-state index >= 15 is 0 Å². The normalized spacial score (nSPS) is 24.7. The van der Waals surface area contributed by atoms with Gasteiger partial charge in [-0.05, 0) is 31.5 Å². The molecule has 4 rings (SSSR count). The van der Waals surface area contributed by atoms with Gasteiger partial charge in [-0.2, -0.15) is 0 Å². The maximum absolute atomic E-state index is 13.6. The number of hydrogen-bond donors (Lipinski definition) is 0. The van der Waals surface area contributed by atoms with E-state index in [9.17, 15) is 4.79 Å². The lowest BCUT2D eigenvalue weighted by atomic mass is 9.75. The van der Waals surface area contributed by atoms with Crippen molar-refractivity contribution in [2.75, 3.05) is 30.5 Å². The third-order valence-electron chi connectivity index (χ3n) is 5.42. The molecule has 2 aromatic carbocycles. The Morgan fingerprint density at radius 1 is 1.12 bits per heavy atom. The molecule has 1 unspecified atom stereocenters. The highest BCUT2D eigenvalue weighted by Gasteiger charge is 2.62. The SMILES string of the molecule is CCN1C(=O)C2(c3ccc(C)cc31)c1ccccc1N(C)[C@@H]2OC. The number of carbonyl (C=O) groups excluding carboxylic acids is 1. The maximum Gasteiger partial charge on any atom is 0.246 e. The van der Waals surface area contributed by atoms with E-state index < -0.39 is 5.41 Å². The monoisotopic (exact) mass is 322 g/mol. The molecular weight excluding hydrogens is 300 g/mol. The van der Waals surface area contributed by atoms with Crippen molar-refractivity contribution in [2.24, 2.45) is 0 Å². The number of anilines is 2. The summed E-state index contributed by atoms with van der Waals surface area (Å²) in [7, 11) is 3.68. The summed E-state index contributed by atoms with van der Waals surface area (Å²) in [6.07, 6.45) is -0.347. The summed E-state index contributed by atoms with van der Waals surface area (Å²) in [4.78, 5) is 17.6. The molecule has 0 aromatic heterocycles. The van der Waals surface area contributed by atoms with Gasteiger partial charge in [0.1, 0.15) is 5.41 Å². The number of hydrogen-bond acceptors (Lipinski definition) is 3. The van der Waals surface area contributed by atoms with Crippen LogP contribution in [0.15, 0.2) is 42.5 Å². The Morgan fingerprint density at radius 3 is 2.54 bits per heavy atom. The number of amides is 1. The number of rotatable bonds is 2. The molecule has 4 heteroatoms. The molecule has 0 radical (unpaired) electrons. The molecule has 0 saturated carbocycles. The van der Waals surface area contributed by atoms with Gasteiger partial charge in [-0.3, -0.25) is 4.79 Å². The minimum absolute atomic E-state index is 0.106. The van der Waals surface area contributed by atoms with E-state index in [1.165, 1.54) is 0 Å². The number of fused-ring (bicyclic) bond motifs is 4. The van der Waals surface area contributed by atoms with Crippen molar-refractivity contribution >= 4 is 17.3 Å². The van der Waals surface area contributed by atoms with E-state index in [1.807, 2.05) is 31.0 Å². The molecule has 2 aliphatic heterocycles. The molecule has 2 heterocycles. The Balaban J connectivity index is 2.09. The van der Waals surface area contributed by atoms with Crippen LogP contribution >= 0.6 is 0 Å². The third kappa shape index (κ3) is 1.59. The second-order valence-electron chi connectivity index (χ2n) is 6.59. The van der Waals surface area contributed by atoms with E-state index in [0.717, 1.165) is 28.1 Å². The third-order valence-corrected chi connectivity index (χ3v) is 5.42. The molecule has 1 spiro atoms. The van der Waals surface area contributed by atoms with Gasteiger partial charge in [0.05, 0.1) is 0 Å². The fourth-order valence-electron chi connectivity index (χ4n) is 4.45. The van der Waals surface area contributed by atoms with Gasteiger partial charge >= 0.3 is 0 Å². The van der Waals surface area contributed by atoms with E-state index in [-0.39, 0.29) is 12.1 Å². The zero-order valence-corrected chi connectivity index (χ0v) is 14.5. The summed E-state index contributed by atoms with van der Waals surface area (Å²) in [5.74, 6) is 0.106. The quantitative estimate of drug-likeness (QED) is 0.852. The maximum atomic E-state index is 13.6. The molecule has 0 saturated heterocycles. The van der Waals surface area contributed by atoms with Crippen LogP contribution in [-0.4, -0.2) is 32.8 Å². The predicted octanol–water partition coefficient (Wildman–Crippen LogP) is 3.07. The Hall–Kier alpha value is -2.33. The Morgan fingerprint density at radius 2 is 1.83 bits per heavy atom. The number of likely N-dealkylation sites (N-methyl/N-ethyl adjacent to an activating group) is 2. The van der Waals surface area contributed by atoms with Crippen LogP contribution in [-0.2, 0) is 14.9 Å². The summed E-state index contributed by atoms with van der Waals surface area (Å²) in [5.41, 5.74) is 4.51. The molecule has 0 fully saturated rings. The Bertz CT molecular complexity index is 832. The van der Waals surface area contributed by atoms with Gasteiger partial charge in [0.2, 0.25) is 5.91 Å². The largest absolute Gasteiger partial charge is 0.360 e. The Kier molecular flexibility index (Phi) is 3.22. The van der Waals surface area contributed by atoms with Crippen molar-refractivity contribution in [3.05, 3.63) is 59.2 Å². The predicted molar refractivity (Wildman–Crippen MR) is 95.6 cm³/mol. The highest BCUT2D eigenvalue weighted by molar-refractivity contribution is 6.13. The zero-order chi connectivity index (χ0) is 17.1. The van der Waals surface area contributed by atoms with E-state index in [4.69, 9.17) is 4.74 Å². The van der Waals surface area contributed by atoms with E-state index in [0.29, 0.717) is 6.54 Å². The van der Waals surface area contributed by atoms with Crippen LogP contribution in [0.5, 0.6) is 0 Å². The molecule has 1 amide bonds. The van der Waals surface area contributed by atoms with Crippen molar-refractivity contribution in [3.63, 3.8) is 0 Å². The molecule has 0 aliphatic carbocycles. The number of benzene rings is 2. The van der Waals surface area contributed by atoms with Gasteiger partial charge in [0.15, 0.2) is 6.23 Å². The summed E-state index contributed by atoms with van der Waals surface area (Å²) in [5, 5.41) is 0. The van der Waals surface area contributed by atoms with Crippen molar-refractivity contribution < 1.29 is 9.53 Å². The van der Waals surface area contributed by atoms with Gasteiger partial charge in [-0.25, -0.2) is 0 Å². The molecule has 4 nitrogen and oxygen atoms in total. The average molecular weight is 322 g/mol. The molecule has 2 atom stereocenters. The lowest BCUT2D eigenvalue weighted by Gasteiger charge is -2.33. The van der Waals surface area contributed by atoms with E-state index in [2.05, 4.69) is 42.2 Å². The summed E-state index contributed by atoms with van der Waals surface area (Å²) < 4.78 is 5.87. The molecule has 2 aliphatic rings. The van der Waals surface area contributed by atoms with Crippen LogP contribution < -0.4 is 9.80 Å². The zero-order valence-electron chi connectivity index (χ0n) is 14.5. The summed E-state index contributed by atoms with van der Waals surface area (Å²) in [6.45, 7) is 4.74. The molecule has 2 aromatic rings. The van der Waals surface area contributed by atoms with Crippen LogP contribution in [0.4, 0.5) is 11.4 Å². The van der Waals surface area contributed by atoms with Crippen molar-refractivity contribution in [1.82, 2.24) is 0 Å². The van der Waals surface area contributed by atoms with Gasteiger partial charge in [0, 0.05) is 43.2 Å². The highest BCUT2D eigenvalue weighted by Crippen LogP contribution is 2.56. The molecule has 0 bridgehead atoms. The molecular formula is C20H22N2O2. The van der Waals surface area contributed by atoms with Crippen LogP contribution in [0, 0.1) is 6.92 Å². The molecule has 24 heavy (non-hydrogen) atoms. The summed E-state index contributed by atoms with van der Waals surface area (Å²) in [6, 6.07) is 14.4. The topological polar surface area (TPSA) is 32.8 Å². The fraction of sp³-hybridized carbons (Fsp3) is 0.350. The standard InChI is InChI=1S/C20H22N2O2/c1-5-22-17-12-13(2)10-11-15(17)20(18(22)23)14-8-6-7-9-16(14)21(3)19(20)24-4/h6-12,19H,5H2,1-4H3/t19-,20?/m1/s1. The summed E-state index contributed by atoms with van der Waals surface area (Å²) >= 11 is 0. The minimum Gasteiger partial charge on any atom is -0.360 e. The second-order valence-corrected chi connectivity index (χ2v) is 6.59. The van der Waals surface area contributed by atoms with Gasteiger partial charge in [-0.15, -0.1) is 0 Å². The van der Waals surface area contributed by atoms with Crippen LogP contribution in [0.3, 0.4) is 0 Å². The van der Waals surface area contributed by atoms with Crippen LogP contribution in [0.1, 0.15) is 23.6 Å². The molecule has 0 N–H and O–H groups in total. The number of para-hydroxylation sites is 1. The highest BCUT2D eigenvalue weighted by atomic mass is 16.5. The second kappa shape index (κ2) is 5.08. The average Bonchev–Trinajstić information content (AvgIpc) is 2.98. The fourth-order valence-corrected chi connectivity index (χ4v) is 4.45. The Labute approximate surface area is 142 Å². The van der Waals surface area contributed by atoms with Crippen molar-refractivity contribution in [2.45, 2.75) is 25.5 Å². The number of carbonyl (C=O) groups is 1.